The third-order valence-electron chi connectivity index (χ3n) is 9.57. The molecule has 1 aromatic carbocycles. The van der Waals surface area contributed by atoms with Gasteiger partial charge in [0.25, 0.3) is 0 Å². The van der Waals surface area contributed by atoms with Gasteiger partial charge in [-0.1, -0.05) is 177 Å². The van der Waals surface area contributed by atoms with Crippen molar-refractivity contribution in [1.29, 1.82) is 0 Å². The molecule has 6 heteroatoms. The molecule has 1 aromatic rings. The second-order valence-electron chi connectivity index (χ2n) is 20.8. The Balaban J connectivity index is 0.000000320. The standard InChI is InChI=1S/C15H32Si2.C12H22Si2.C8H22Si2/c1-16(2,3)8-7-13-9-12-10-14(13)15(11-12)17(4,5)6;1-13(2,3)11-7-9-12(10-8-11)14(4,5)6;1-9(2,3)7-8-10(4,5)6/h12-15H,7-11H2,1-6H3;7-10H,1-6H3;7-8H2,1-6H3. The Morgan fingerprint density at radius 3 is 1.12 bits per heavy atom. The molecule has 2 aliphatic carbocycles. The highest BCUT2D eigenvalue weighted by Gasteiger charge is 2.50. The summed E-state index contributed by atoms with van der Waals surface area (Å²) in [6.07, 6.45) is 6.36. The molecule has 41 heavy (non-hydrogen) atoms. The van der Waals surface area contributed by atoms with Crippen LogP contribution in [-0.4, -0.2) is 48.4 Å². The van der Waals surface area contributed by atoms with E-state index in [-0.39, 0.29) is 0 Å². The molecule has 0 nitrogen and oxygen atoms in total. The van der Waals surface area contributed by atoms with Crippen molar-refractivity contribution in [3.63, 3.8) is 0 Å². The van der Waals surface area contributed by atoms with Crippen LogP contribution in [0.5, 0.6) is 0 Å². The smallest absolute Gasteiger partial charge is 0.0696 e. The molecule has 2 fully saturated rings. The molecule has 4 unspecified atom stereocenters. The minimum absolute atomic E-state index is 0.732. The van der Waals surface area contributed by atoms with E-state index in [0.717, 1.165) is 23.3 Å². The van der Waals surface area contributed by atoms with Gasteiger partial charge in [-0.15, -0.1) is 0 Å². The highest BCUT2D eigenvalue weighted by atomic mass is 28.3. The van der Waals surface area contributed by atoms with Gasteiger partial charge in [-0.25, -0.2) is 0 Å². The summed E-state index contributed by atoms with van der Waals surface area (Å²) in [7, 11) is -5.36. The second-order valence-corrected chi connectivity index (χ2v) is 53.3. The van der Waals surface area contributed by atoms with Crippen LogP contribution in [0.4, 0.5) is 0 Å². The monoisotopic (exact) mass is 664 g/mol. The number of benzene rings is 1. The Bertz CT molecular complexity index is 848. The zero-order valence-electron chi connectivity index (χ0n) is 31.6. The first kappa shape index (κ1) is 39.5. The fraction of sp³-hybridized carbons (Fsp3) is 0.829. The lowest BCUT2D eigenvalue weighted by atomic mass is 9.86. The first-order valence-corrected chi connectivity index (χ1v) is 38.9. The molecule has 4 atom stereocenters. The zero-order valence-corrected chi connectivity index (χ0v) is 37.6. The summed E-state index contributed by atoms with van der Waals surface area (Å²) in [5.74, 6) is 3.39. The van der Waals surface area contributed by atoms with Gasteiger partial charge in [-0.3, -0.25) is 0 Å². The quantitative estimate of drug-likeness (QED) is 0.230. The SMILES string of the molecule is C[Si](C)(C)CCC1CC2CC1C([Si](C)(C)C)C2.C[Si](C)(C)CC[Si](C)(C)C.C[Si](C)(C)c1ccc([Si](C)(C)C)cc1. The third-order valence-corrected chi connectivity index (χ3v) is 22.4. The maximum Gasteiger partial charge on any atom is 0.0775 e. The molecule has 0 amide bonds. The van der Waals surface area contributed by atoms with Gasteiger partial charge in [0, 0.05) is 32.3 Å². The summed E-state index contributed by atoms with van der Waals surface area (Å²) >= 11 is 0. The molecule has 0 heterocycles. The minimum atomic E-state index is -1.10. The number of rotatable bonds is 9. The lowest BCUT2D eigenvalue weighted by Gasteiger charge is -2.37. The van der Waals surface area contributed by atoms with Crippen LogP contribution in [0.25, 0.3) is 0 Å². The van der Waals surface area contributed by atoms with Crippen LogP contribution in [-0.2, 0) is 0 Å². The van der Waals surface area contributed by atoms with Crippen LogP contribution in [0.3, 0.4) is 0 Å². The number of fused-ring (bicyclic) bond motifs is 2. The lowest BCUT2D eigenvalue weighted by Crippen LogP contribution is -2.42. The molecular weight excluding hydrogens is 589 g/mol. The van der Waals surface area contributed by atoms with Crippen LogP contribution in [0.15, 0.2) is 24.3 Å². The molecule has 0 N–H and O–H groups in total. The molecule has 0 aromatic heterocycles. The Kier molecular flexibility index (Phi) is 14.2. The summed E-state index contributed by atoms with van der Waals surface area (Å²) in [5.41, 5.74) is 1.16. The van der Waals surface area contributed by atoms with Gasteiger partial charge in [-0.05, 0) is 42.6 Å². The third kappa shape index (κ3) is 15.9. The average Bonchev–Trinajstić information content (AvgIpc) is 3.36. The van der Waals surface area contributed by atoms with E-state index in [4.69, 9.17) is 0 Å². The van der Waals surface area contributed by atoms with Crippen LogP contribution in [0.1, 0.15) is 25.7 Å². The van der Waals surface area contributed by atoms with E-state index in [0.29, 0.717) is 0 Å². The van der Waals surface area contributed by atoms with E-state index in [1.165, 1.54) is 12.1 Å². The Morgan fingerprint density at radius 2 is 0.854 bits per heavy atom. The summed E-state index contributed by atoms with van der Waals surface area (Å²) < 4.78 is 0. The van der Waals surface area contributed by atoms with Crippen molar-refractivity contribution in [3.05, 3.63) is 24.3 Å². The van der Waals surface area contributed by atoms with Crippen LogP contribution >= 0.6 is 0 Å². The van der Waals surface area contributed by atoms with Crippen molar-refractivity contribution in [2.24, 2.45) is 17.8 Å². The first-order chi connectivity index (χ1) is 18.1. The molecule has 240 valence electrons. The molecule has 2 saturated carbocycles. The fourth-order valence-corrected chi connectivity index (χ4v) is 19.0. The van der Waals surface area contributed by atoms with Crippen LogP contribution in [0, 0.1) is 17.8 Å². The molecule has 0 saturated heterocycles. The molecular formula is C35H76Si6. The summed E-state index contributed by atoms with van der Waals surface area (Å²) in [6.45, 7) is 44.6. The maximum absolute atomic E-state index is 2.61. The van der Waals surface area contributed by atoms with Gasteiger partial charge < -0.3 is 0 Å². The van der Waals surface area contributed by atoms with Crippen molar-refractivity contribution in [3.8, 4) is 0 Å². The summed E-state index contributed by atoms with van der Waals surface area (Å²) in [5, 5.41) is 3.14. The first-order valence-electron chi connectivity index (χ1n) is 17.2. The minimum Gasteiger partial charge on any atom is -0.0696 e. The van der Waals surface area contributed by atoms with E-state index < -0.39 is 48.4 Å². The van der Waals surface area contributed by atoms with Crippen molar-refractivity contribution in [2.75, 3.05) is 0 Å². The highest BCUT2D eigenvalue weighted by molar-refractivity contribution is 6.90. The molecule has 3 rings (SSSR count). The van der Waals surface area contributed by atoms with E-state index in [1.54, 1.807) is 42.1 Å². The number of hydrogen-bond acceptors (Lipinski definition) is 0. The number of hydrogen-bond donors (Lipinski definition) is 0. The van der Waals surface area contributed by atoms with E-state index in [1.807, 2.05) is 0 Å². The van der Waals surface area contributed by atoms with Crippen molar-refractivity contribution < 1.29 is 0 Å². The molecule has 0 spiro atoms. The predicted molar refractivity (Wildman–Crippen MR) is 213 cm³/mol. The summed E-state index contributed by atoms with van der Waals surface area (Å²) in [6, 6.07) is 14.0. The van der Waals surface area contributed by atoms with Gasteiger partial charge in [0.2, 0.25) is 0 Å². The normalized spacial score (nSPS) is 23.5. The largest absolute Gasteiger partial charge is 0.0775 e. The highest BCUT2D eigenvalue weighted by Crippen LogP contribution is 2.59. The Hall–Kier alpha value is 0.521. The Labute approximate surface area is 266 Å². The van der Waals surface area contributed by atoms with Gasteiger partial charge in [0.05, 0.1) is 16.1 Å². The van der Waals surface area contributed by atoms with Gasteiger partial charge in [0.1, 0.15) is 0 Å². The molecule has 0 aliphatic heterocycles. The fourth-order valence-electron chi connectivity index (χ4n) is 6.66. The van der Waals surface area contributed by atoms with Crippen molar-refractivity contribution >= 4 is 58.8 Å². The van der Waals surface area contributed by atoms with E-state index >= 15 is 0 Å². The van der Waals surface area contributed by atoms with Gasteiger partial charge >= 0.3 is 0 Å². The van der Waals surface area contributed by atoms with E-state index in [9.17, 15) is 0 Å². The maximum atomic E-state index is 2.61. The lowest BCUT2D eigenvalue weighted by molar-refractivity contribution is 0.318. The zero-order chi connectivity index (χ0) is 32.2. The van der Waals surface area contributed by atoms with Crippen molar-refractivity contribution in [1.82, 2.24) is 0 Å². The van der Waals surface area contributed by atoms with Crippen LogP contribution < -0.4 is 10.4 Å². The van der Waals surface area contributed by atoms with E-state index in [2.05, 4.69) is 142 Å². The second kappa shape index (κ2) is 14.7. The topological polar surface area (TPSA) is 0 Å². The molecule has 2 aliphatic rings. The summed E-state index contributed by atoms with van der Waals surface area (Å²) in [4.78, 5) is 0. The molecule has 0 radical (unpaired) electrons. The van der Waals surface area contributed by atoms with Crippen LogP contribution in [0.2, 0.25) is 142 Å². The average molecular weight is 666 g/mol. The Morgan fingerprint density at radius 1 is 0.488 bits per heavy atom. The van der Waals surface area contributed by atoms with Crippen molar-refractivity contribution in [2.45, 2.75) is 167 Å². The predicted octanol–water partition coefficient (Wildman–Crippen LogP) is 11.9. The van der Waals surface area contributed by atoms with Gasteiger partial charge in [-0.2, -0.15) is 0 Å². The molecule has 2 bridgehead atoms. The van der Waals surface area contributed by atoms with Gasteiger partial charge in [0.15, 0.2) is 0 Å².